The van der Waals surface area contributed by atoms with Crippen LogP contribution in [0.25, 0.3) is 16.3 Å². The van der Waals surface area contributed by atoms with Gasteiger partial charge in [-0.1, -0.05) is 18.3 Å². The quantitative estimate of drug-likeness (QED) is 0.458. The number of pyridine rings is 1. The van der Waals surface area contributed by atoms with Crippen molar-refractivity contribution in [2.24, 2.45) is 0 Å². The molecule has 10 nitrogen and oxygen atoms in total. The maximum atomic E-state index is 13.3. The van der Waals surface area contributed by atoms with Gasteiger partial charge in [0.2, 0.25) is 10.0 Å². The van der Waals surface area contributed by atoms with Gasteiger partial charge in [0.25, 0.3) is 6.43 Å². The van der Waals surface area contributed by atoms with E-state index in [0.717, 1.165) is 30.6 Å². The van der Waals surface area contributed by atoms with Crippen LogP contribution >= 0.6 is 11.3 Å². The van der Waals surface area contributed by atoms with E-state index >= 15 is 0 Å². The highest BCUT2D eigenvalue weighted by Crippen LogP contribution is 2.38. The molecule has 14 heteroatoms. The molecule has 4 heterocycles. The maximum Gasteiger partial charge on any atom is 0.291 e. The van der Waals surface area contributed by atoms with Crippen molar-refractivity contribution in [1.29, 1.82) is 0 Å². The predicted octanol–water partition coefficient (Wildman–Crippen LogP) is 2.60. The number of imidazole rings is 1. The van der Waals surface area contributed by atoms with Gasteiger partial charge in [0.05, 0.1) is 37.2 Å². The Morgan fingerprint density at radius 3 is 2.77 bits per heavy atom. The number of halogens is 2. The van der Waals surface area contributed by atoms with Gasteiger partial charge in [-0.3, -0.25) is 4.40 Å². The zero-order valence-electron chi connectivity index (χ0n) is 19.2. The number of aliphatic hydroxyl groups is 1. The summed E-state index contributed by atoms with van der Waals surface area (Å²) in [5.41, 5.74) is 0.874. The summed E-state index contributed by atoms with van der Waals surface area (Å²) in [5.74, 6) is 0. The number of morpholine rings is 1. The first-order valence-corrected chi connectivity index (χ1v) is 13.6. The Balaban J connectivity index is 1.68. The smallest absolute Gasteiger partial charge is 0.291 e. The van der Waals surface area contributed by atoms with E-state index in [4.69, 9.17) is 4.74 Å². The van der Waals surface area contributed by atoms with Crippen LogP contribution < -0.4 is 9.62 Å². The number of nitrogens with zero attached hydrogens (tertiary/aromatic N) is 5. The van der Waals surface area contributed by atoms with E-state index in [-0.39, 0.29) is 22.6 Å². The minimum Gasteiger partial charge on any atom is -0.394 e. The number of ether oxygens (including phenoxy) is 1. The summed E-state index contributed by atoms with van der Waals surface area (Å²) in [6.45, 7) is 4.37. The van der Waals surface area contributed by atoms with Crippen molar-refractivity contribution >= 4 is 32.7 Å². The molecule has 2 atom stereocenters. The maximum absolute atomic E-state index is 13.3. The van der Waals surface area contributed by atoms with E-state index in [1.54, 1.807) is 10.5 Å². The molecule has 3 aromatic heterocycles. The number of sulfonamides is 1. The zero-order valence-corrected chi connectivity index (χ0v) is 20.8. The number of aliphatic hydroxyl groups excluding tert-OH is 1. The second kappa shape index (κ2) is 9.00. The van der Waals surface area contributed by atoms with Crippen LogP contribution in [0.15, 0.2) is 23.4 Å². The molecule has 2 fully saturated rings. The second-order valence-corrected chi connectivity index (χ2v) is 11.9. The molecule has 2 aliphatic rings. The third-order valence-corrected chi connectivity index (χ3v) is 9.01. The Kier molecular flexibility index (Phi) is 6.28. The van der Waals surface area contributed by atoms with Gasteiger partial charge in [0.15, 0.2) is 15.7 Å². The molecule has 1 saturated carbocycles. The highest BCUT2D eigenvalue weighted by molar-refractivity contribution is 7.89. The van der Waals surface area contributed by atoms with E-state index < -0.39 is 33.1 Å². The summed E-state index contributed by atoms with van der Waals surface area (Å²) in [6.07, 6.45) is 1.93. The Hall–Kier alpha value is -2.26. The average molecular weight is 529 g/mol. The number of anilines is 1. The summed E-state index contributed by atoms with van der Waals surface area (Å²) in [4.78, 5) is 6.53. The molecule has 0 unspecified atom stereocenters. The summed E-state index contributed by atoms with van der Waals surface area (Å²) in [7, 11) is -3.90. The van der Waals surface area contributed by atoms with Gasteiger partial charge in [-0.2, -0.15) is 0 Å². The topological polar surface area (TPSA) is 122 Å². The number of alkyl halides is 2. The Labute approximate surface area is 205 Å². The second-order valence-electron chi connectivity index (χ2n) is 9.16. The lowest BCUT2D eigenvalue weighted by atomic mass is 10.1. The van der Waals surface area contributed by atoms with Crippen LogP contribution in [-0.2, 0) is 14.8 Å². The third kappa shape index (κ3) is 4.65. The van der Waals surface area contributed by atoms with Crippen LogP contribution in [0.2, 0.25) is 0 Å². The van der Waals surface area contributed by atoms with Crippen LogP contribution in [0.3, 0.4) is 0 Å². The SMILES string of the molecule is CC[C@H]1CO[C@H](CO)CN1c1cc(S(=O)(=O)NC2(C)CC2)cn2c(-c3nnc(C(F)F)s3)cnc12. The van der Waals surface area contributed by atoms with Gasteiger partial charge in [0.1, 0.15) is 10.6 Å². The van der Waals surface area contributed by atoms with Gasteiger partial charge in [0, 0.05) is 18.3 Å². The van der Waals surface area contributed by atoms with Crippen molar-refractivity contribution in [3.8, 4) is 10.7 Å². The summed E-state index contributed by atoms with van der Waals surface area (Å²) < 4.78 is 63.0. The van der Waals surface area contributed by atoms with Crippen molar-refractivity contribution in [2.45, 2.75) is 62.1 Å². The summed E-state index contributed by atoms with van der Waals surface area (Å²) in [5, 5.41) is 16.9. The highest BCUT2D eigenvalue weighted by atomic mass is 32.2. The van der Waals surface area contributed by atoms with Crippen molar-refractivity contribution in [2.75, 3.05) is 24.7 Å². The number of hydrogen-bond acceptors (Lipinski definition) is 9. The first-order chi connectivity index (χ1) is 16.6. The monoisotopic (exact) mass is 528 g/mol. The van der Waals surface area contributed by atoms with Crippen molar-refractivity contribution < 1.29 is 27.0 Å². The minimum atomic E-state index is -3.90. The lowest BCUT2D eigenvalue weighted by molar-refractivity contribution is -0.0134. The molecule has 0 amide bonds. The molecule has 2 N–H and O–H groups in total. The number of hydrogen-bond donors (Lipinski definition) is 2. The van der Waals surface area contributed by atoms with E-state index in [9.17, 15) is 22.3 Å². The van der Waals surface area contributed by atoms with E-state index in [1.165, 1.54) is 12.4 Å². The van der Waals surface area contributed by atoms with Crippen LogP contribution in [0.4, 0.5) is 14.5 Å². The number of rotatable bonds is 8. The first kappa shape index (κ1) is 24.4. The van der Waals surface area contributed by atoms with Gasteiger partial charge in [-0.05, 0) is 32.3 Å². The molecule has 1 aliphatic carbocycles. The Morgan fingerprint density at radius 2 is 2.14 bits per heavy atom. The average Bonchev–Trinajstić information content (AvgIpc) is 3.21. The van der Waals surface area contributed by atoms with Crippen molar-refractivity contribution in [3.63, 3.8) is 0 Å². The normalized spacial score (nSPS) is 22.3. The molecular formula is C21H26F2N6O4S2. The molecule has 0 aromatic carbocycles. The van der Waals surface area contributed by atoms with E-state index in [0.29, 0.717) is 30.2 Å². The van der Waals surface area contributed by atoms with Gasteiger partial charge in [-0.15, -0.1) is 10.2 Å². The zero-order chi connectivity index (χ0) is 25.0. The molecule has 1 aliphatic heterocycles. The Bertz CT molecular complexity index is 1340. The highest BCUT2D eigenvalue weighted by Gasteiger charge is 2.42. The summed E-state index contributed by atoms with van der Waals surface area (Å²) in [6, 6.07) is 1.51. The molecule has 0 radical (unpaired) electrons. The Morgan fingerprint density at radius 1 is 1.37 bits per heavy atom. The van der Waals surface area contributed by atoms with Crippen LogP contribution in [0, 0.1) is 0 Å². The minimum absolute atomic E-state index is 0.0212. The lowest BCUT2D eigenvalue weighted by Gasteiger charge is -2.40. The molecule has 35 heavy (non-hydrogen) atoms. The largest absolute Gasteiger partial charge is 0.394 e. The van der Waals surface area contributed by atoms with Crippen LogP contribution in [0.5, 0.6) is 0 Å². The molecule has 1 saturated heterocycles. The van der Waals surface area contributed by atoms with Crippen molar-refractivity contribution in [1.82, 2.24) is 24.3 Å². The van der Waals surface area contributed by atoms with E-state index in [2.05, 4.69) is 19.9 Å². The van der Waals surface area contributed by atoms with Gasteiger partial charge < -0.3 is 14.7 Å². The van der Waals surface area contributed by atoms with Crippen molar-refractivity contribution in [3.05, 3.63) is 23.5 Å². The molecule has 190 valence electrons. The standard InChI is InChI=1S/C21H26F2N6O4S2/c1-3-12-11-33-13(10-30)8-28(12)15-6-14(35(31,32)27-21(2)4-5-21)9-29-16(7-24-18(15)29)19-25-26-20(34-19)17(22)23/h6-7,9,12-13,17,27,30H,3-5,8,10-11H2,1-2H3/t12-,13-/m0/s1. The summed E-state index contributed by atoms with van der Waals surface area (Å²) >= 11 is 0.733. The number of fused-ring (bicyclic) bond motifs is 1. The molecular weight excluding hydrogens is 502 g/mol. The van der Waals surface area contributed by atoms with Crippen LogP contribution in [0.1, 0.15) is 44.5 Å². The predicted molar refractivity (Wildman–Crippen MR) is 125 cm³/mol. The first-order valence-electron chi connectivity index (χ1n) is 11.3. The van der Waals surface area contributed by atoms with E-state index in [1.807, 2.05) is 18.7 Å². The fraction of sp³-hybridized carbons (Fsp3) is 0.571. The van der Waals surface area contributed by atoms with Gasteiger partial charge in [-0.25, -0.2) is 26.9 Å². The number of aromatic nitrogens is 4. The third-order valence-electron chi connectivity index (χ3n) is 6.45. The van der Waals surface area contributed by atoms with Gasteiger partial charge >= 0.3 is 0 Å². The molecule has 3 aromatic rings. The fourth-order valence-electron chi connectivity index (χ4n) is 4.16. The molecule has 0 bridgehead atoms. The number of nitrogens with one attached hydrogen (secondary N) is 1. The molecule has 0 spiro atoms. The molecule has 5 rings (SSSR count). The lowest BCUT2D eigenvalue weighted by Crippen LogP contribution is -2.51. The van der Waals surface area contributed by atoms with Crippen LogP contribution in [-0.4, -0.2) is 70.5 Å². The fourth-order valence-corrected chi connectivity index (χ4v) is 6.35.